The molecule has 3 aromatic carbocycles. The van der Waals surface area contributed by atoms with Crippen LogP contribution in [0.1, 0.15) is 29.7 Å². The van der Waals surface area contributed by atoms with Crippen LogP contribution in [0.5, 0.6) is 11.5 Å². The second kappa shape index (κ2) is 10.0. The Balaban J connectivity index is 1.95. The zero-order chi connectivity index (χ0) is 25.3. The zero-order valence-electron chi connectivity index (χ0n) is 19.3. The van der Waals surface area contributed by atoms with Crippen molar-refractivity contribution in [3.8, 4) is 11.5 Å². The van der Waals surface area contributed by atoms with Crippen LogP contribution in [0.2, 0.25) is 10.0 Å². The molecule has 0 radical (unpaired) electrons. The highest BCUT2D eigenvalue weighted by Gasteiger charge is 2.47. The number of ether oxygens (including phenoxy) is 2. The number of anilines is 1. The Morgan fingerprint density at radius 2 is 1.66 bits per heavy atom. The summed E-state index contributed by atoms with van der Waals surface area (Å²) in [6.07, 6.45) is 0. The minimum Gasteiger partial charge on any atom is -0.507 e. The molecule has 1 heterocycles. The number of ketones is 1. The Morgan fingerprint density at radius 3 is 2.29 bits per heavy atom. The van der Waals surface area contributed by atoms with Crippen molar-refractivity contribution in [2.45, 2.75) is 19.9 Å². The van der Waals surface area contributed by atoms with Crippen LogP contribution in [-0.2, 0) is 9.59 Å². The molecule has 0 aromatic heterocycles. The van der Waals surface area contributed by atoms with Gasteiger partial charge in [0.2, 0.25) is 0 Å². The standard InChI is InChI=1S/C27H23Cl2NO5/c1-4-35-19-11-12-21(28)20(14-19)25(31)23-24(16-6-9-18(34-3)10-7-16)30(27(33)26(23)32)17-8-5-15(2)22(29)13-17/h5-14,24,31H,4H2,1-3H3/b25-23+. The smallest absolute Gasteiger partial charge is 0.300 e. The molecule has 1 amide bonds. The first-order chi connectivity index (χ1) is 16.8. The molecule has 0 spiro atoms. The van der Waals surface area contributed by atoms with Gasteiger partial charge in [0.25, 0.3) is 11.7 Å². The molecular formula is C27H23Cl2NO5. The fourth-order valence-electron chi connectivity index (χ4n) is 4.02. The van der Waals surface area contributed by atoms with Gasteiger partial charge in [-0.25, -0.2) is 0 Å². The predicted molar refractivity (Wildman–Crippen MR) is 137 cm³/mol. The lowest BCUT2D eigenvalue weighted by atomic mass is 9.95. The van der Waals surface area contributed by atoms with E-state index < -0.39 is 23.5 Å². The molecule has 3 aromatic rings. The number of carbonyl (C=O) groups is 2. The van der Waals surface area contributed by atoms with E-state index in [0.29, 0.717) is 34.4 Å². The average molecular weight is 512 g/mol. The first-order valence-electron chi connectivity index (χ1n) is 10.9. The van der Waals surface area contributed by atoms with Crippen LogP contribution in [0.25, 0.3) is 5.76 Å². The van der Waals surface area contributed by atoms with E-state index in [1.165, 1.54) is 4.90 Å². The topological polar surface area (TPSA) is 76.1 Å². The highest BCUT2D eigenvalue weighted by molar-refractivity contribution is 6.52. The number of amides is 1. The van der Waals surface area contributed by atoms with Gasteiger partial charge >= 0.3 is 0 Å². The maximum atomic E-state index is 13.3. The van der Waals surface area contributed by atoms with E-state index in [4.69, 9.17) is 32.7 Å². The van der Waals surface area contributed by atoms with Gasteiger partial charge in [-0.15, -0.1) is 0 Å². The summed E-state index contributed by atoms with van der Waals surface area (Å²) in [5, 5.41) is 12.0. The molecule has 1 fully saturated rings. The molecular weight excluding hydrogens is 489 g/mol. The average Bonchev–Trinajstić information content (AvgIpc) is 3.12. The highest BCUT2D eigenvalue weighted by Crippen LogP contribution is 2.44. The van der Waals surface area contributed by atoms with Gasteiger partial charge < -0.3 is 14.6 Å². The van der Waals surface area contributed by atoms with Gasteiger partial charge in [0.15, 0.2) is 0 Å². The molecule has 8 heteroatoms. The van der Waals surface area contributed by atoms with E-state index in [-0.39, 0.29) is 16.2 Å². The third-order valence-corrected chi connectivity index (χ3v) is 6.55. The predicted octanol–water partition coefficient (Wildman–Crippen LogP) is 6.34. The molecule has 0 bridgehead atoms. The summed E-state index contributed by atoms with van der Waals surface area (Å²) in [5.74, 6) is -0.936. The van der Waals surface area contributed by atoms with Crippen molar-refractivity contribution < 1.29 is 24.2 Å². The summed E-state index contributed by atoms with van der Waals surface area (Å²) in [6, 6.07) is 15.9. The normalized spacial score (nSPS) is 17.1. The third kappa shape index (κ3) is 4.59. The Labute approximate surface area is 213 Å². The van der Waals surface area contributed by atoms with Crippen LogP contribution in [0.15, 0.2) is 66.2 Å². The van der Waals surface area contributed by atoms with Gasteiger partial charge in [-0.1, -0.05) is 41.4 Å². The van der Waals surface area contributed by atoms with Gasteiger partial charge in [0, 0.05) is 16.3 Å². The lowest BCUT2D eigenvalue weighted by Gasteiger charge is -2.26. The van der Waals surface area contributed by atoms with Crippen molar-refractivity contribution in [1.82, 2.24) is 0 Å². The number of hydrogen-bond donors (Lipinski definition) is 1. The summed E-state index contributed by atoms with van der Waals surface area (Å²) >= 11 is 12.7. The number of hydrogen-bond acceptors (Lipinski definition) is 5. The maximum absolute atomic E-state index is 13.3. The van der Waals surface area contributed by atoms with E-state index in [2.05, 4.69) is 0 Å². The Bertz CT molecular complexity index is 1330. The minimum absolute atomic E-state index is 0.0904. The summed E-state index contributed by atoms with van der Waals surface area (Å²) in [5.41, 5.74) is 1.95. The number of carbonyl (C=O) groups excluding carboxylic acids is 2. The maximum Gasteiger partial charge on any atom is 0.300 e. The van der Waals surface area contributed by atoms with E-state index in [1.807, 2.05) is 13.8 Å². The number of methoxy groups -OCH3 is 1. The Kier molecular flexibility index (Phi) is 7.05. The molecule has 1 aliphatic rings. The van der Waals surface area contributed by atoms with Crippen molar-refractivity contribution in [3.05, 3.63) is 93.0 Å². The molecule has 1 unspecified atom stereocenters. The number of Topliss-reactive ketones (excluding diaryl/α,β-unsaturated/α-hetero) is 1. The van der Waals surface area contributed by atoms with Gasteiger partial charge in [0.1, 0.15) is 17.3 Å². The number of aliphatic hydroxyl groups is 1. The first-order valence-corrected chi connectivity index (χ1v) is 11.7. The van der Waals surface area contributed by atoms with Crippen molar-refractivity contribution >= 4 is 46.3 Å². The molecule has 35 heavy (non-hydrogen) atoms. The Hall–Kier alpha value is -3.48. The van der Waals surface area contributed by atoms with Gasteiger partial charge in [0.05, 0.1) is 30.4 Å². The highest BCUT2D eigenvalue weighted by atomic mass is 35.5. The van der Waals surface area contributed by atoms with Crippen molar-refractivity contribution in [2.75, 3.05) is 18.6 Å². The van der Waals surface area contributed by atoms with E-state index in [1.54, 1.807) is 67.8 Å². The molecule has 0 aliphatic carbocycles. The van der Waals surface area contributed by atoms with Crippen LogP contribution in [0, 0.1) is 6.92 Å². The molecule has 6 nitrogen and oxygen atoms in total. The molecule has 1 atom stereocenters. The third-order valence-electron chi connectivity index (χ3n) is 5.81. The lowest BCUT2D eigenvalue weighted by Crippen LogP contribution is -2.29. The van der Waals surface area contributed by atoms with Crippen LogP contribution < -0.4 is 14.4 Å². The number of aryl methyl sites for hydroxylation is 1. The summed E-state index contributed by atoms with van der Waals surface area (Å²) < 4.78 is 10.8. The summed E-state index contributed by atoms with van der Waals surface area (Å²) in [6.45, 7) is 4.08. The first kappa shape index (κ1) is 24.6. The van der Waals surface area contributed by atoms with E-state index in [9.17, 15) is 14.7 Å². The fourth-order valence-corrected chi connectivity index (χ4v) is 4.40. The number of halogens is 2. The molecule has 180 valence electrons. The van der Waals surface area contributed by atoms with Crippen LogP contribution in [-0.4, -0.2) is 30.5 Å². The molecule has 1 aliphatic heterocycles. The molecule has 4 rings (SSSR count). The molecule has 1 N–H and O–H groups in total. The van der Waals surface area contributed by atoms with Gasteiger partial charge in [-0.2, -0.15) is 0 Å². The zero-order valence-corrected chi connectivity index (χ0v) is 20.9. The number of rotatable bonds is 6. The number of benzene rings is 3. The van der Waals surface area contributed by atoms with Crippen molar-refractivity contribution in [1.29, 1.82) is 0 Å². The van der Waals surface area contributed by atoms with Crippen LogP contribution >= 0.6 is 23.2 Å². The van der Waals surface area contributed by atoms with Crippen molar-refractivity contribution in [2.24, 2.45) is 0 Å². The molecule has 0 saturated carbocycles. The van der Waals surface area contributed by atoms with Crippen molar-refractivity contribution in [3.63, 3.8) is 0 Å². The second-order valence-electron chi connectivity index (χ2n) is 7.95. The fraction of sp³-hybridized carbons (Fsp3) is 0.185. The van der Waals surface area contributed by atoms with Gasteiger partial charge in [-0.05, 0) is 67.4 Å². The monoisotopic (exact) mass is 511 g/mol. The lowest BCUT2D eigenvalue weighted by molar-refractivity contribution is -0.132. The summed E-state index contributed by atoms with van der Waals surface area (Å²) in [4.78, 5) is 28.0. The quantitative estimate of drug-likeness (QED) is 0.237. The number of nitrogens with zero attached hydrogens (tertiary/aromatic N) is 1. The largest absolute Gasteiger partial charge is 0.507 e. The second-order valence-corrected chi connectivity index (χ2v) is 8.76. The van der Waals surface area contributed by atoms with Crippen LogP contribution in [0.4, 0.5) is 5.69 Å². The van der Waals surface area contributed by atoms with E-state index in [0.717, 1.165) is 5.56 Å². The van der Waals surface area contributed by atoms with E-state index >= 15 is 0 Å². The molecule has 1 saturated heterocycles. The minimum atomic E-state index is -0.925. The summed E-state index contributed by atoms with van der Waals surface area (Å²) in [7, 11) is 1.54. The van der Waals surface area contributed by atoms with Gasteiger partial charge in [-0.3, -0.25) is 14.5 Å². The SMILES string of the molecule is CCOc1ccc(Cl)c(/C(O)=C2\C(=O)C(=O)N(c3ccc(C)c(Cl)c3)C2c2ccc(OC)cc2)c1. The number of aliphatic hydroxyl groups excluding tert-OH is 1. The van der Waals surface area contributed by atoms with Crippen LogP contribution in [0.3, 0.4) is 0 Å². The Morgan fingerprint density at radius 1 is 0.971 bits per heavy atom.